The van der Waals surface area contributed by atoms with Crippen LogP contribution in [-0.2, 0) is 6.42 Å². The number of fused-ring (bicyclic) bond motifs is 23. The number of nitrogens with zero attached hydrogens (tertiary/aromatic N) is 5. The van der Waals surface area contributed by atoms with Crippen LogP contribution < -0.4 is 0 Å². The molecule has 0 fully saturated rings. The van der Waals surface area contributed by atoms with Crippen LogP contribution in [0.25, 0.3) is 173 Å². The molecular formula is C85H47ClN5O2S2+. The summed E-state index contributed by atoms with van der Waals surface area (Å²) in [5.41, 5.74) is 19.5. The molecule has 10 heteroatoms. The zero-order valence-corrected chi connectivity index (χ0v) is 52.8. The molecule has 22 rings (SSSR count). The van der Waals surface area contributed by atoms with Gasteiger partial charge in [0.1, 0.15) is 22.3 Å². The average molecular weight is 1270 g/mol. The van der Waals surface area contributed by atoms with Gasteiger partial charge in [-0.25, -0.2) is 19.9 Å². The summed E-state index contributed by atoms with van der Waals surface area (Å²) >= 11 is 9.78. The van der Waals surface area contributed by atoms with Crippen molar-refractivity contribution < 1.29 is 8.83 Å². The molecule has 95 heavy (non-hydrogen) atoms. The molecule has 442 valence electrons. The predicted molar refractivity (Wildman–Crippen MR) is 397 cm³/mol. The molecule has 20 aromatic rings. The number of thiophene rings is 2. The highest BCUT2D eigenvalue weighted by atomic mass is 35.5. The molecule has 0 radical (unpaired) electrons. The summed E-state index contributed by atoms with van der Waals surface area (Å²) in [5, 5.41) is 16.7. The van der Waals surface area contributed by atoms with Gasteiger partial charge in [-0.15, -0.1) is 22.7 Å². The normalized spacial score (nSPS) is 12.7. The van der Waals surface area contributed by atoms with Gasteiger partial charge in [0.25, 0.3) is 0 Å². The monoisotopic (exact) mass is 1270 g/mol. The Labute approximate surface area is 555 Å². The van der Waals surface area contributed by atoms with Gasteiger partial charge in [-0.1, -0.05) is 176 Å². The molecule has 7 nitrogen and oxygen atoms in total. The maximum absolute atomic E-state index is 6.34. The fourth-order valence-corrected chi connectivity index (χ4v) is 17.3. The third-order valence-corrected chi connectivity index (χ3v) is 21.5. The standard InChI is InChI=1S/C42H23N3OS.C22H11ClN2OS.C21H13/c1-2-12-26-23-33-31(22-25(26)11-1)37-27-13-4-3-10-24(27)20-21-32(37)45(33)42-43-39-29-15-6-8-19-36(29)47-41(39)40(44-42)30-16-9-18-35-38(30)28-14-5-7-17-34(28)46-35;23-22-24-19-13-7-2-4-11-17(13)27-21(19)20(25-22)14-8-5-10-16-18(14)12-6-1-3-9-15(12)26-16;1-2-7-16-13-20-18(11-15(16)6-1)12-17-10-9-14-5-3-4-8-19(14)21(17)20/h1-23H;1-11H;1-8,10-11,13H,12H2/q;;+1. The van der Waals surface area contributed by atoms with E-state index in [1.807, 2.05) is 60.7 Å². The molecule has 2 aliphatic rings. The Morgan fingerprint density at radius 1 is 0.379 bits per heavy atom. The van der Waals surface area contributed by atoms with Gasteiger partial charge in [-0.3, -0.25) is 4.57 Å². The molecule has 0 bridgehead atoms. The van der Waals surface area contributed by atoms with Crippen LogP contribution in [0.2, 0.25) is 5.28 Å². The van der Waals surface area contributed by atoms with Crippen molar-refractivity contribution in [1.82, 2.24) is 24.5 Å². The predicted octanol–water partition coefficient (Wildman–Crippen LogP) is 23.8. The summed E-state index contributed by atoms with van der Waals surface area (Å²) in [7, 11) is 0. The van der Waals surface area contributed by atoms with Crippen LogP contribution in [0.15, 0.2) is 287 Å². The van der Waals surface area contributed by atoms with Crippen molar-refractivity contribution in [3.8, 4) is 28.5 Å². The van der Waals surface area contributed by atoms with Gasteiger partial charge in [0.2, 0.25) is 11.2 Å². The average Bonchev–Trinajstić information content (AvgIpc) is 1.54. The third-order valence-electron chi connectivity index (χ3n) is 19.0. The molecule has 7 aromatic heterocycles. The number of aromatic nitrogens is 5. The van der Waals surface area contributed by atoms with E-state index in [0.29, 0.717) is 5.95 Å². The molecule has 13 aromatic carbocycles. The zero-order valence-electron chi connectivity index (χ0n) is 50.4. The van der Waals surface area contributed by atoms with Crippen LogP contribution in [0.4, 0.5) is 0 Å². The van der Waals surface area contributed by atoms with Crippen LogP contribution >= 0.6 is 34.3 Å². The van der Waals surface area contributed by atoms with Crippen molar-refractivity contribution in [2.45, 2.75) is 6.42 Å². The lowest BCUT2D eigenvalue weighted by Crippen LogP contribution is -2.03. The van der Waals surface area contributed by atoms with E-state index < -0.39 is 0 Å². The summed E-state index contributed by atoms with van der Waals surface area (Å²) in [6.07, 6.45) is 6.62. The van der Waals surface area contributed by atoms with Crippen molar-refractivity contribution in [3.05, 3.63) is 312 Å². The van der Waals surface area contributed by atoms with Crippen LogP contribution in [0.3, 0.4) is 0 Å². The largest absolute Gasteiger partial charge is 0.456 e. The Morgan fingerprint density at radius 3 is 1.57 bits per heavy atom. The number of allylic oxidation sites excluding steroid dienone is 2. The second-order valence-electron chi connectivity index (χ2n) is 24.3. The molecule has 0 spiro atoms. The first-order valence-corrected chi connectivity index (χ1v) is 33.7. The minimum absolute atomic E-state index is 0.255. The van der Waals surface area contributed by atoms with E-state index in [2.05, 4.69) is 233 Å². The van der Waals surface area contributed by atoms with Crippen LogP contribution in [-0.4, -0.2) is 24.5 Å². The molecule has 0 saturated heterocycles. The van der Waals surface area contributed by atoms with E-state index in [1.54, 1.807) is 22.7 Å². The zero-order chi connectivity index (χ0) is 62.4. The van der Waals surface area contributed by atoms with E-state index in [4.69, 9.17) is 30.4 Å². The molecule has 0 amide bonds. The quantitative estimate of drug-likeness (QED) is 0.129. The smallest absolute Gasteiger partial charge is 0.235 e. The van der Waals surface area contributed by atoms with Gasteiger partial charge in [0.05, 0.1) is 60.1 Å². The number of rotatable bonds is 3. The fraction of sp³-hybridized carbons (Fsp3) is 0.0118. The lowest BCUT2D eigenvalue weighted by atomic mass is 9.89. The first kappa shape index (κ1) is 53.9. The number of hydrogen-bond donors (Lipinski definition) is 0. The first-order valence-electron chi connectivity index (χ1n) is 31.6. The van der Waals surface area contributed by atoms with E-state index in [1.165, 1.54) is 85.9 Å². The molecule has 0 saturated carbocycles. The number of benzene rings is 13. The van der Waals surface area contributed by atoms with Crippen molar-refractivity contribution in [2.75, 3.05) is 0 Å². The van der Waals surface area contributed by atoms with Gasteiger partial charge >= 0.3 is 0 Å². The fourth-order valence-electron chi connectivity index (χ4n) is 14.8. The van der Waals surface area contributed by atoms with Gasteiger partial charge in [-0.05, 0) is 134 Å². The van der Waals surface area contributed by atoms with E-state index in [0.717, 1.165) is 115 Å². The first-order chi connectivity index (χ1) is 47.0. The number of hydrogen-bond acceptors (Lipinski definition) is 8. The van der Waals surface area contributed by atoms with E-state index >= 15 is 0 Å². The molecule has 2 aliphatic carbocycles. The highest BCUT2D eigenvalue weighted by Gasteiger charge is 2.32. The second-order valence-corrected chi connectivity index (χ2v) is 26.8. The topological polar surface area (TPSA) is 82.8 Å². The lowest BCUT2D eigenvalue weighted by Gasteiger charge is -2.11. The van der Waals surface area contributed by atoms with E-state index in [9.17, 15) is 0 Å². The molecule has 0 aliphatic heterocycles. The Bertz CT molecular complexity index is 6740. The minimum Gasteiger partial charge on any atom is -0.456 e. The van der Waals surface area contributed by atoms with Gasteiger partial charge in [0.15, 0.2) is 5.56 Å². The molecular weight excluding hydrogens is 1220 g/mol. The molecule has 0 atom stereocenters. The van der Waals surface area contributed by atoms with Crippen LogP contribution in [0, 0.1) is 6.08 Å². The molecule has 0 unspecified atom stereocenters. The van der Waals surface area contributed by atoms with Crippen molar-refractivity contribution in [1.29, 1.82) is 0 Å². The number of halogens is 1. The lowest BCUT2D eigenvalue weighted by molar-refractivity contribution is 0.668. The Hall–Kier alpha value is -11.7. The highest BCUT2D eigenvalue weighted by Crippen LogP contribution is 2.48. The Balaban J connectivity index is 0.000000108. The Morgan fingerprint density at radius 2 is 0.895 bits per heavy atom. The SMILES string of the molecule is Clc1nc(-c2cccc3oc4ccccc4c23)c2sc3ccccc3c2n1.[C+]1=CC2=C(c3ccccc31)c1cc3ccccc3cc1C2.c1ccc2cc3c(cc2c1)c1c2ccccc2ccc1n3-c1nc(-c2cccc3oc4ccccc4c23)c2sc3ccccc3c2n1. The Kier molecular flexibility index (Phi) is 12.0. The van der Waals surface area contributed by atoms with Gasteiger partial charge in [-0.2, -0.15) is 0 Å². The van der Waals surface area contributed by atoms with Crippen molar-refractivity contribution in [3.63, 3.8) is 0 Å². The second kappa shape index (κ2) is 21.2. The van der Waals surface area contributed by atoms with Crippen LogP contribution in [0.5, 0.6) is 0 Å². The molecule has 7 heterocycles. The maximum Gasteiger partial charge on any atom is 0.235 e. The summed E-state index contributed by atoms with van der Waals surface area (Å²) in [5.74, 6) is 0.659. The highest BCUT2D eigenvalue weighted by molar-refractivity contribution is 7.26. The summed E-state index contributed by atoms with van der Waals surface area (Å²) in [4.78, 5) is 20.1. The summed E-state index contributed by atoms with van der Waals surface area (Å²) in [6.45, 7) is 0. The van der Waals surface area contributed by atoms with Crippen molar-refractivity contribution >= 4 is 178 Å². The van der Waals surface area contributed by atoms with Gasteiger partial charge in [0, 0.05) is 93.3 Å². The molecule has 0 N–H and O–H groups in total. The maximum atomic E-state index is 6.34. The number of furan rings is 2. The van der Waals surface area contributed by atoms with Gasteiger partial charge < -0.3 is 8.83 Å². The summed E-state index contributed by atoms with van der Waals surface area (Å²) < 4.78 is 19.1. The third kappa shape index (κ3) is 8.48. The van der Waals surface area contributed by atoms with Crippen molar-refractivity contribution in [2.24, 2.45) is 0 Å². The number of para-hydroxylation sites is 2. The summed E-state index contributed by atoms with van der Waals surface area (Å²) in [6, 6.07) is 93.7. The van der Waals surface area contributed by atoms with Crippen LogP contribution in [0.1, 0.15) is 22.3 Å². The van der Waals surface area contributed by atoms with E-state index in [-0.39, 0.29) is 5.28 Å². The minimum atomic E-state index is 0.255.